The van der Waals surface area contributed by atoms with E-state index in [0.29, 0.717) is 28.6 Å². The standard InChI is InChI=1S/C24H22ClN5O2/c1-32-24-28-20-8-14(18-9-17(31)7-13-3-2-4-19(25)21(13)18)10-26-22(20)23(29-24)30-11-15-5-6-16(12-30)27-15/h2-4,7-10,15-16,27,31H,5-6,11-12H2,1H3. The first kappa shape index (κ1) is 19.5. The van der Waals surface area contributed by atoms with Crippen molar-refractivity contribution >= 4 is 39.2 Å². The summed E-state index contributed by atoms with van der Waals surface area (Å²) in [6.07, 6.45) is 4.17. The molecule has 7 nitrogen and oxygen atoms in total. The molecule has 2 saturated heterocycles. The minimum atomic E-state index is 0.173. The lowest BCUT2D eigenvalue weighted by Crippen LogP contribution is -2.51. The number of phenolic OH excluding ortho intramolecular Hbond substituents is 1. The van der Waals surface area contributed by atoms with Crippen molar-refractivity contribution in [1.29, 1.82) is 0 Å². The molecule has 2 N–H and O–H groups in total. The maximum absolute atomic E-state index is 10.3. The van der Waals surface area contributed by atoms with Crippen LogP contribution in [0, 0.1) is 0 Å². The van der Waals surface area contributed by atoms with Crippen LogP contribution in [0.3, 0.4) is 0 Å². The maximum atomic E-state index is 10.3. The lowest BCUT2D eigenvalue weighted by Gasteiger charge is -2.34. The Morgan fingerprint density at radius 1 is 1.12 bits per heavy atom. The van der Waals surface area contributed by atoms with Crippen molar-refractivity contribution in [3.63, 3.8) is 0 Å². The Balaban J connectivity index is 1.52. The molecule has 0 saturated carbocycles. The zero-order valence-corrected chi connectivity index (χ0v) is 18.3. The van der Waals surface area contributed by atoms with Crippen LogP contribution in [0.2, 0.25) is 5.02 Å². The van der Waals surface area contributed by atoms with E-state index in [2.05, 4.69) is 20.2 Å². The summed E-state index contributed by atoms with van der Waals surface area (Å²) in [6.45, 7) is 1.78. The van der Waals surface area contributed by atoms with E-state index in [1.807, 2.05) is 24.3 Å². The van der Waals surface area contributed by atoms with E-state index in [0.717, 1.165) is 46.3 Å². The molecule has 2 atom stereocenters. The fourth-order valence-corrected chi connectivity index (χ4v) is 5.29. The van der Waals surface area contributed by atoms with Crippen LogP contribution < -0.4 is 15.0 Å². The highest BCUT2D eigenvalue weighted by Crippen LogP contribution is 2.38. The summed E-state index contributed by atoms with van der Waals surface area (Å²) in [5.74, 6) is 0.975. The van der Waals surface area contributed by atoms with Crippen LogP contribution in [0.25, 0.3) is 32.9 Å². The molecule has 2 aliphatic rings. The molecule has 6 rings (SSSR count). The Bertz CT molecular complexity index is 1350. The SMILES string of the molecule is COc1nc(N2CC3CCC(C2)N3)c2ncc(-c3cc(O)cc4cccc(Cl)c34)cc2n1. The van der Waals surface area contributed by atoms with E-state index in [-0.39, 0.29) is 5.75 Å². The first-order valence-electron chi connectivity index (χ1n) is 10.7. The van der Waals surface area contributed by atoms with E-state index in [4.69, 9.17) is 21.3 Å². The van der Waals surface area contributed by atoms with Gasteiger partial charge in [-0.3, -0.25) is 4.98 Å². The number of phenols is 1. The predicted octanol–water partition coefficient (Wildman–Crippen LogP) is 4.15. The molecule has 2 bridgehead atoms. The molecule has 0 aliphatic carbocycles. The smallest absolute Gasteiger partial charge is 0.318 e. The fraction of sp³-hybridized carbons (Fsp3) is 0.292. The number of piperazine rings is 1. The molecule has 0 amide bonds. The van der Waals surface area contributed by atoms with Crippen molar-refractivity contribution in [2.24, 2.45) is 0 Å². The van der Waals surface area contributed by atoms with Gasteiger partial charge in [-0.05, 0) is 48.1 Å². The Kier molecular flexibility index (Phi) is 4.55. The van der Waals surface area contributed by atoms with Crippen molar-refractivity contribution in [3.8, 4) is 22.9 Å². The summed E-state index contributed by atoms with van der Waals surface area (Å²) in [6, 6.07) is 12.3. The first-order valence-corrected chi connectivity index (χ1v) is 11.1. The van der Waals surface area contributed by atoms with Gasteiger partial charge in [-0.25, -0.2) is 0 Å². The lowest BCUT2D eigenvalue weighted by molar-refractivity contribution is 0.380. The van der Waals surface area contributed by atoms with E-state index >= 15 is 0 Å². The zero-order chi connectivity index (χ0) is 21.8. The van der Waals surface area contributed by atoms with E-state index in [1.165, 1.54) is 12.8 Å². The number of nitrogens with zero attached hydrogens (tertiary/aromatic N) is 4. The van der Waals surface area contributed by atoms with Gasteiger partial charge in [0.25, 0.3) is 0 Å². The minimum absolute atomic E-state index is 0.173. The molecule has 8 heteroatoms. The van der Waals surface area contributed by atoms with Crippen LogP contribution in [0.1, 0.15) is 12.8 Å². The molecule has 2 aromatic carbocycles. The highest BCUT2D eigenvalue weighted by molar-refractivity contribution is 6.36. The van der Waals surface area contributed by atoms with E-state index in [9.17, 15) is 5.11 Å². The number of benzene rings is 2. The molecule has 4 aromatic rings. The van der Waals surface area contributed by atoms with Crippen molar-refractivity contribution < 1.29 is 9.84 Å². The van der Waals surface area contributed by atoms with Crippen LogP contribution in [-0.4, -0.2) is 52.3 Å². The van der Waals surface area contributed by atoms with Gasteiger partial charge in [-0.2, -0.15) is 9.97 Å². The first-order chi connectivity index (χ1) is 15.6. The van der Waals surface area contributed by atoms with Crippen molar-refractivity contribution in [2.45, 2.75) is 24.9 Å². The number of methoxy groups -OCH3 is 1. The highest BCUT2D eigenvalue weighted by atomic mass is 35.5. The minimum Gasteiger partial charge on any atom is -0.508 e. The molecule has 32 heavy (non-hydrogen) atoms. The summed E-state index contributed by atoms with van der Waals surface area (Å²) < 4.78 is 5.42. The predicted molar refractivity (Wildman–Crippen MR) is 126 cm³/mol. The lowest BCUT2D eigenvalue weighted by atomic mass is 9.98. The molecule has 2 fully saturated rings. The average Bonchev–Trinajstić information content (AvgIpc) is 3.14. The summed E-state index contributed by atoms with van der Waals surface area (Å²) in [5.41, 5.74) is 3.06. The largest absolute Gasteiger partial charge is 0.508 e. The molecule has 2 aromatic heterocycles. The van der Waals surface area contributed by atoms with Crippen LogP contribution in [0.4, 0.5) is 5.82 Å². The van der Waals surface area contributed by atoms with Crippen LogP contribution in [-0.2, 0) is 0 Å². The van der Waals surface area contributed by atoms with Gasteiger partial charge in [0, 0.05) is 47.3 Å². The summed E-state index contributed by atoms with van der Waals surface area (Å²) in [5, 5.41) is 16.3. The molecular weight excluding hydrogens is 426 g/mol. The number of ether oxygens (including phenoxy) is 1. The fourth-order valence-electron chi connectivity index (χ4n) is 5.01. The molecule has 2 unspecified atom stereocenters. The second-order valence-corrected chi connectivity index (χ2v) is 8.91. The van der Waals surface area contributed by atoms with Gasteiger partial charge in [0.1, 0.15) is 11.3 Å². The van der Waals surface area contributed by atoms with Crippen molar-refractivity contribution in [1.82, 2.24) is 20.3 Å². The number of hydrogen-bond acceptors (Lipinski definition) is 7. The van der Waals surface area contributed by atoms with Gasteiger partial charge in [-0.15, -0.1) is 0 Å². The Hall–Kier alpha value is -3.16. The molecule has 0 radical (unpaired) electrons. The molecule has 0 spiro atoms. The summed E-state index contributed by atoms with van der Waals surface area (Å²) in [7, 11) is 1.58. The van der Waals surface area contributed by atoms with Gasteiger partial charge in [0.2, 0.25) is 0 Å². The summed E-state index contributed by atoms with van der Waals surface area (Å²) in [4.78, 5) is 16.3. The molecule has 2 aliphatic heterocycles. The average molecular weight is 448 g/mol. The second kappa shape index (κ2) is 7.46. The Labute approximate surface area is 190 Å². The van der Waals surface area contributed by atoms with Crippen molar-refractivity contribution in [2.75, 3.05) is 25.1 Å². The number of rotatable bonds is 3. The molecular formula is C24H22ClN5O2. The molecule has 4 heterocycles. The topological polar surface area (TPSA) is 83.4 Å². The summed E-state index contributed by atoms with van der Waals surface area (Å²) >= 11 is 6.53. The van der Waals surface area contributed by atoms with Gasteiger partial charge in [-0.1, -0.05) is 23.7 Å². The third-order valence-electron chi connectivity index (χ3n) is 6.42. The van der Waals surface area contributed by atoms with Crippen molar-refractivity contribution in [3.05, 3.63) is 47.6 Å². The maximum Gasteiger partial charge on any atom is 0.318 e. The quantitative estimate of drug-likeness (QED) is 0.488. The third-order valence-corrected chi connectivity index (χ3v) is 6.73. The van der Waals surface area contributed by atoms with Crippen LogP contribution in [0.15, 0.2) is 42.6 Å². The van der Waals surface area contributed by atoms with E-state index < -0.39 is 0 Å². The van der Waals surface area contributed by atoms with Crippen LogP contribution in [0.5, 0.6) is 11.8 Å². The van der Waals surface area contributed by atoms with Gasteiger partial charge < -0.3 is 20.1 Å². The third kappa shape index (κ3) is 3.20. The second-order valence-electron chi connectivity index (χ2n) is 8.50. The van der Waals surface area contributed by atoms with Gasteiger partial charge in [0.05, 0.1) is 12.6 Å². The normalized spacial score (nSPS) is 20.2. The molecule has 162 valence electrons. The monoisotopic (exact) mass is 447 g/mol. The highest BCUT2D eigenvalue weighted by Gasteiger charge is 2.34. The Morgan fingerprint density at radius 2 is 1.94 bits per heavy atom. The van der Waals surface area contributed by atoms with E-state index in [1.54, 1.807) is 25.4 Å². The van der Waals surface area contributed by atoms with Crippen LogP contribution >= 0.6 is 11.6 Å². The van der Waals surface area contributed by atoms with Gasteiger partial charge >= 0.3 is 6.01 Å². The zero-order valence-electron chi connectivity index (χ0n) is 17.5. The number of pyridine rings is 1. The van der Waals surface area contributed by atoms with Gasteiger partial charge in [0.15, 0.2) is 5.82 Å². The number of anilines is 1. The number of nitrogens with one attached hydrogen (secondary N) is 1. The number of hydrogen-bond donors (Lipinski definition) is 2. The number of halogens is 1. The number of fused-ring (bicyclic) bond motifs is 4. The number of aromatic nitrogens is 3. The number of aromatic hydroxyl groups is 1. The Morgan fingerprint density at radius 3 is 2.72 bits per heavy atom.